The van der Waals surface area contributed by atoms with Gasteiger partial charge in [0.1, 0.15) is 0 Å². The Bertz CT molecular complexity index is 501. The first-order valence-electron chi connectivity index (χ1n) is 13.2. The van der Waals surface area contributed by atoms with Crippen LogP contribution in [0.3, 0.4) is 0 Å². The summed E-state index contributed by atoms with van der Waals surface area (Å²) in [6.45, 7) is 59.6. The zero-order chi connectivity index (χ0) is 26.6. The number of hydrogen-bond acceptors (Lipinski definition) is 1. The Hall–Kier alpha value is 2.13. The van der Waals surface area contributed by atoms with E-state index in [2.05, 4.69) is 136 Å². The van der Waals surface area contributed by atoms with E-state index in [1.165, 1.54) is 13.1 Å². The Morgan fingerprint density at radius 1 is 0.375 bits per heavy atom. The van der Waals surface area contributed by atoms with Crippen molar-refractivity contribution in [3.63, 3.8) is 0 Å². The molecule has 0 aromatic rings. The van der Waals surface area contributed by atoms with Crippen LogP contribution >= 0.6 is 7.17 Å². The van der Waals surface area contributed by atoms with Crippen molar-refractivity contribution >= 4 is 65.3 Å². The van der Waals surface area contributed by atoms with Crippen LogP contribution < -0.4 is 0 Å². The average Bonchev–Trinajstić information content (AvgIpc) is 2.39. The van der Waals surface area contributed by atoms with Crippen LogP contribution in [0, 0.1) is 0 Å². The maximum atomic E-state index is 3.26. The molecule has 0 aromatic carbocycles. The fourth-order valence-electron chi connectivity index (χ4n) is 9.84. The van der Waals surface area contributed by atoms with E-state index in [9.17, 15) is 0 Å². The van der Waals surface area contributed by atoms with Crippen LogP contribution in [0.4, 0.5) is 0 Å². The molecule has 1 nitrogen and oxygen atoms in total. The first kappa shape index (κ1) is 34.1. The summed E-state index contributed by atoms with van der Waals surface area (Å²) in [5.74, 6) is 0. The van der Waals surface area contributed by atoms with Gasteiger partial charge in [-0.3, -0.25) is 4.67 Å². The van der Waals surface area contributed by atoms with Crippen LogP contribution in [0.1, 0.15) is 13.8 Å². The first-order chi connectivity index (χ1) is 13.6. The van der Waals surface area contributed by atoms with Gasteiger partial charge in [0, 0.05) is 45.5 Å². The van der Waals surface area contributed by atoms with E-state index in [0.29, 0.717) is 0 Å². The van der Waals surface area contributed by atoms with Crippen LogP contribution in [0.25, 0.3) is 0 Å². The molecule has 0 bridgehead atoms. The molecule has 0 N–H and O–H groups in total. The van der Waals surface area contributed by atoms with Crippen LogP contribution in [-0.2, 0) is 0 Å². The second-order valence-electron chi connectivity index (χ2n) is 16.4. The van der Waals surface area contributed by atoms with E-state index < -0.39 is 58.1 Å². The molecule has 0 saturated heterocycles. The predicted octanol–water partition coefficient (Wildman–Crippen LogP) is 9.12. The van der Waals surface area contributed by atoms with Crippen molar-refractivity contribution in [2.45, 2.75) is 132 Å². The Labute approximate surface area is 213 Å². The summed E-state index contributed by atoms with van der Waals surface area (Å²) in [5, 5.41) is 0. The number of nitrogens with zero attached hydrogens (tertiary/aromatic N) is 1. The highest BCUT2D eigenvalue weighted by Crippen LogP contribution is 2.71. The summed E-state index contributed by atoms with van der Waals surface area (Å²) in [5.41, 5.74) is 0. The van der Waals surface area contributed by atoms with E-state index in [1.54, 1.807) is 0 Å². The summed E-state index contributed by atoms with van der Waals surface area (Å²) >= 11 is 0. The van der Waals surface area contributed by atoms with Gasteiger partial charge in [0.2, 0.25) is 0 Å². The van der Waals surface area contributed by atoms with Gasteiger partial charge < -0.3 is 0 Å². The molecule has 0 aliphatic rings. The fourth-order valence-corrected chi connectivity index (χ4v) is 363. The molecular weight excluding hydrogens is 534 g/mol. The quantitative estimate of drug-likeness (QED) is 0.169. The number of rotatable bonds is 11. The first-order valence-corrected chi connectivity index (χ1v) is 47.2. The van der Waals surface area contributed by atoms with Gasteiger partial charge >= 0.3 is 0 Å². The molecule has 0 aliphatic heterocycles. The molecule has 0 fully saturated rings. The predicted molar refractivity (Wildman–Crippen MR) is 181 cm³/mol. The molecule has 0 aliphatic carbocycles. The van der Waals surface area contributed by atoms with Crippen molar-refractivity contribution in [1.29, 1.82) is 0 Å². The van der Waals surface area contributed by atoms with Gasteiger partial charge in [-0.15, -0.1) is 0 Å². The van der Waals surface area contributed by atoms with Gasteiger partial charge in [0.05, 0.1) is 12.6 Å². The van der Waals surface area contributed by atoms with Gasteiger partial charge in [0.15, 0.2) is 0 Å². The van der Waals surface area contributed by atoms with Crippen molar-refractivity contribution in [1.82, 2.24) is 4.67 Å². The molecule has 0 atom stereocenters. The van der Waals surface area contributed by atoms with E-state index in [1.807, 2.05) is 0 Å². The molecule has 0 heterocycles. The van der Waals surface area contributed by atoms with Crippen LogP contribution in [0.15, 0.2) is 0 Å². The molecule has 0 saturated carbocycles. The summed E-state index contributed by atoms with van der Waals surface area (Å²) < 4.78 is 3.26. The standard InChI is InChI=1S/C22H64NPSi8/c1-21-23(22-2)24(31(25(3,4)5,26(6,7)8)27(9,10)11)32(28(12,13)14,29(15,16)17)30(18,19)20/h21-22H2,1-20H3. The SMILES string of the molecule is CCN(CC)P([Si]([Si](C)(C)C)([Si](C)(C)C)[Si](C)(C)C)[Si]([Si](C)(C)C)([Si](C)(C)C)[Si](C)(C)C. The zero-order valence-corrected chi connectivity index (χ0v) is 35.2. The summed E-state index contributed by atoms with van der Waals surface area (Å²) in [4.78, 5) is 0. The molecule has 0 aromatic heterocycles. The van der Waals surface area contributed by atoms with E-state index >= 15 is 0 Å². The molecule has 0 amide bonds. The lowest BCUT2D eigenvalue weighted by Crippen LogP contribution is -2.91. The van der Waals surface area contributed by atoms with Gasteiger partial charge in [-0.25, -0.2) is 0 Å². The highest BCUT2D eigenvalue weighted by Gasteiger charge is 2.76. The molecule has 194 valence electrons. The highest BCUT2D eigenvalue weighted by atomic mass is 31.7. The van der Waals surface area contributed by atoms with Crippen LogP contribution in [0.5, 0.6) is 0 Å². The second-order valence-corrected chi connectivity index (χ2v) is 112. The maximum Gasteiger partial charge on any atom is 0.0744 e. The molecule has 0 radical (unpaired) electrons. The van der Waals surface area contributed by atoms with Crippen LogP contribution in [0.2, 0.25) is 118 Å². The molecule has 0 spiro atoms. The maximum absolute atomic E-state index is 3.26. The lowest BCUT2D eigenvalue weighted by molar-refractivity contribution is 0.518. The fraction of sp³-hybridized carbons (Fsp3) is 1.00. The van der Waals surface area contributed by atoms with E-state index in [-0.39, 0.29) is 7.17 Å². The Morgan fingerprint density at radius 2 is 0.531 bits per heavy atom. The van der Waals surface area contributed by atoms with Gasteiger partial charge in [-0.2, -0.15) is 0 Å². The monoisotopic (exact) mass is 597 g/mol. The Kier molecular flexibility index (Phi) is 10.8. The third-order valence-electron chi connectivity index (χ3n) is 8.16. The Morgan fingerprint density at radius 3 is 0.625 bits per heavy atom. The van der Waals surface area contributed by atoms with Gasteiger partial charge in [-0.1, -0.05) is 139 Å². The lowest BCUT2D eigenvalue weighted by atomic mass is 10.7. The minimum Gasteiger partial charge on any atom is -0.291 e. The largest absolute Gasteiger partial charge is 0.291 e. The van der Waals surface area contributed by atoms with Crippen molar-refractivity contribution in [2.24, 2.45) is 0 Å². The minimum absolute atomic E-state index is 0.0334. The number of hydrogen-bond donors (Lipinski definition) is 0. The lowest BCUT2D eigenvalue weighted by Gasteiger charge is -2.73. The highest BCUT2D eigenvalue weighted by molar-refractivity contribution is 8.51. The molecule has 0 unspecified atom stereocenters. The van der Waals surface area contributed by atoms with E-state index in [0.717, 1.165) is 0 Å². The van der Waals surface area contributed by atoms with Gasteiger partial charge in [0.25, 0.3) is 0 Å². The van der Waals surface area contributed by atoms with E-state index in [4.69, 9.17) is 0 Å². The van der Waals surface area contributed by atoms with Crippen molar-refractivity contribution in [3.8, 4) is 0 Å². The zero-order valence-electron chi connectivity index (χ0n) is 26.3. The third kappa shape index (κ3) is 5.37. The van der Waals surface area contributed by atoms with Crippen molar-refractivity contribution in [3.05, 3.63) is 0 Å². The Balaban J connectivity index is 8.55. The molecule has 0 rings (SSSR count). The normalized spacial score (nSPS) is 16.3. The summed E-state index contributed by atoms with van der Waals surface area (Å²) in [6, 6.07) is 0. The van der Waals surface area contributed by atoms with Crippen LogP contribution in [-0.4, -0.2) is 75.9 Å². The summed E-state index contributed by atoms with van der Waals surface area (Å²) in [6.07, 6.45) is -3.05. The third-order valence-corrected chi connectivity index (χ3v) is 215. The molecule has 10 heteroatoms. The average molecular weight is 598 g/mol. The van der Waals surface area contributed by atoms with Crippen molar-refractivity contribution in [2.75, 3.05) is 13.1 Å². The smallest absolute Gasteiger partial charge is 0.0744 e. The minimum atomic E-state index is -1.53. The van der Waals surface area contributed by atoms with Crippen molar-refractivity contribution < 1.29 is 0 Å². The topological polar surface area (TPSA) is 3.24 Å². The van der Waals surface area contributed by atoms with Gasteiger partial charge in [-0.05, 0) is 13.1 Å². The second kappa shape index (κ2) is 10.1. The molecular formula is C22H64NPSi8. The molecule has 32 heavy (non-hydrogen) atoms. The summed E-state index contributed by atoms with van der Waals surface area (Å²) in [7, 11) is -8.14.